The lowest BCUT2D eigenvalue weighted by Gasteiger charge is -2.59. The third-order valence-corrected chi connectivity index (χ3v) is 10.0. The SMILES string of the molecule is CCC(C)(C)CC(c1ccc(C(=O)OC2(C)C3CC4CC(C3)CC2C4)cn1)C(C)(C)CC. The van der Waals surface area contributed by atoms with E-state index in [1.54, 1.807) is 6.20 Å². The van der Waals surface area contributed by atoms with Crippen LogP contribution in [0.2, 0.25) is 0 Å². The van der Waals surface area contributed by atoms with Gasteiger partial charge >= 0.3 is 5.97 Å². The Morgan fingerprint density at radius 3 is 2.09 bits per heavy atom. The van der Waals surface area contributed by atoms with Crippen molar-refractivity contribution in [2.24, 2.45) is 34.5 Å². The molecule has 4 bridgehead atoms. The minimum absolute atomic E-state index is 0.162. The van der Waals surface area contributed by atoms with E-state index in [0.717, 1.165) is 36.8 Å². The summed E-state index contributed by atoms with van der Waals surface area (Å²) in [6, 6.07) is 4.05. The fourth-order valence-electron chi connectivity index (χ4n) is 7.00. The van der Waals surface area contributed by atoms with Crippen molar-refractivity contribution in [3.05, 3.63) is 29.6 Å². The first-order valence-corrected chi connectivity index (χ1v) is 13.2. The molecule has 4 fully saturated rings. The van der Waals surface area contributed by atoms with Gasteiger partial charge in [0.2, 0.25) is 0 Å². The highest BCUT2D eigenvalue weighted by Gasteiger charge is 2.57. The van der Waals surface area contributed by atoms with Gasteiger partial charge in [0.15, 0.2) is 0 Å². The molecule has 3 heteroatoms. The highest BCUT2D eigenvalue weighted by molar-refractivity contribution is 5.89. The quantitative estimate of drug-likeness (QED) is 0.388. The van der Waals surface area contributed by atoms with Crippen molar-refractivity contribution >= 4 is 5.97 Å². The lowest BCUT2D eigenvalue weighted by Crippen LogP contribution is -2.58. The molecule has 0 spiro atoms. The normalized spacial score (nSPS) is 32.7. The Morgan fingerprint density at radius 1 is 1.03 bits per heavy atom. The van der Waals surface area contributed by atoms with Crippen LogP contribution in [0, 0.1) is 34.5 Å². The summed E-state index contributed by atoms with van der Waals surface area (Å²) in [5.74, 6) is 3.02. The highest BCUT2D eigenvalue weighted by Crippen LogP contribution is 2.59. The van der Waals surface area contributed by atoms with Crippen molar-refractivity contribution in [1.82, 2.24) is 4.98 Å². The van der Waals surface area contributed by atoms with Gasteiger partial charge in [-0.05, 0) is 92.1 Å². The van der Waals surface area contributed by atoms with Gasteiger partial charge < -0.3 is 4.74 Å². The Morgan fingerprint density at radius 2 is 1.62 bits per heavy atom. The van der Waals surface area contributed by atoms with Crippen molar-refractivity contribution in [3.8, 4) is 0 Å². The van der Waals surface area contributed by atoms with E-state index in [1.165, 1.54) is 32.1 Å². The van der Waals surface area contributed by atoms with Gasteiger partial charge in [-0.3, -0.25) is 4.98 Å². The van der Waals surface area contributed by atoms with Crippen LogP contribution in [0.25, 0.3) is 0 Å². The summed E-state index contributed by atoms with van der Waals surface area (Å²) in [6.07, 6.45) is 11.5. The number of hydrogen-bond acceptors (Lipinski definition) is 3. The van der Waals surface area contributed by atoms with E-state index in [9.17, 15) is 4.79 Å². The molecule has 4 saturated carbocycles. The molecule has 4 aliphatic rings. The molecular weight excluding hydrogens is 394 g/mol. The third-order valence-electron chi connectivity index (χ3n) is 10.0. The zero-order valence-corrected chi connectivity index (χ0v) is 21.5. The standard InChI is InChI=1S/C29H45NO2/c1-8-27(3,4)17-24(28(5,6)9-2)25-11-10-21(18-30-25)26(31)32-29(7)22-13-19-12-20(15-22)16-23(29)14-19/h10-11,18-20,22-24H,8-9,12-17H2,1-7H3. The lowest BCUT2D eigenvalue weighted by molar-refractivity contribution is -0.165. The number of esters is 1. The van der Waals surface area contributed by atoms with Crippen LogP contribution in [0.15, 0.2) is 18.3 Å². The molecule has 178 valence electrons. The molecule has 4 aliphatic carbocycles. The predicted molar refractivity (Wildman–Crippen MR) is 131 cm³/mol. The molecule has 1 heterocycles. The molecule has 0 aromatic carbocycles. The molecule has 0 saturated heterocycles. The lowest BCUT2D eigenvalue weighted by atomic mass is 9.50. The minimum Gasteiger partial charge on any atom is -0.455 e. The summed E-state index contributed by atoms with van der Waals surface area (Å²) in [5, 5.41) is 0. The summed E-state index contributed by atoms with van der Waals surface area (Å²) in [4.78, 5) is 18.0. The minimum atomic E-state index is -0.291. The van der Waals surface area contributed by atoms with Crippen LogP contribution in [0.3, 0.4) is 0 Å². The van der Waals surface area contributed by atoms with Gasteiger partial charge in [-0.1, -0.05) is 54.4 Å². The molecule has 0 radical (unpaired) electrons. The van der Waals surface area contributed by atoms with Crippen LogP contribution in [-0.2, 0) is 4.74 Å². The van der Waals surface area contributed by atoms with Gasteiger partial charge in [-0.2, -0.15) is 0 Å². The number of nitrogens with zero attached hydrogens (tertiary/aromatic N) is 1. The monoisotopic (exact) mass is 439 g/mol. The molecule has 0 amide bonds. The zero-order chi connectivity index (χ0) is 23.3. The predicted octanol–water partition coefficient (Wildman–Crippen LogP) is 7.80. The first-order chi connectivity index (χ1) is 15.0. The Balaban J connectivity index is 1.50. The smallest absolute Gasteiger partial charge is 0.340 e. The van der Waals surface area contributed by atoms with Gasteiger partial charge in [0, 0.05) is 17.8 Å². The Kier molecular flexibility index (Phi) is 6.27. The third kappa shape index (κ3) is 4.38. The molecule has 1 aromatic rings. The van der Waals surface area contributed by atoms with Crippen LogP contribution in [0.1, 0.15) is 122 Å². The molecule has 32 heavy (non-hydrogen) atoms. The van der Waals surface area contributed by atoms with E-state index in [2.05, 4.69) is 54.5 Å². The maximum absolute atomic E-state index is 13.2. The van der Waals surface area contributed by atoms with E-state index >= 15 is 0 Å². The maximum atomic E-state index is 13.2. The van der Waals surface area contributed by atoms with E-state index in [1.807, 2.05) is 6.07 Å². The van der Waals surface area contributed by atoms with Crippen LogP contribution in [-0.4, -0.2) is 16.6 Å². The Bertz CT molecular complexity index is 794. The molecule has 1 unspecified atom stereocenters. The number of rotatable bonds is 8. The molecule has 1 atom stereocenters. The summed E-state index contributed by atoms with van der Waals surface area (Å²) in [7, 11) is 0. The number of ether oxygens (including phenoxy) is 1. The largest absolute Gasteiger partial charge is 0.455 e. The summed E-state index contributed by atoms with van der Waals surface area (Å²) < 4.78 is 6.31. The fraction of sp³-hybridized carbons (Fsp3) is 0.793. The summed E-state index contributed by atoms with van der Waals surface area (Å²) in [6.45, 7) is 16.1. The number of pyridine rings is 1. The first kappa shape index (κ1) is 23.8. The van der Waals surface area contributed by atoms with Crippen molar-refractivity contribution in [2.75, 3.05) is 0 Å². The second-order valence-corrected chi connectivity index (χ2v) is 13.0. The molecule has 1 aromatic heterocycles. The maximum Gasteiger partial charge on any atom is 0.340 e. The zero-order valence-electron chi connectivity index (χ0n) is 21.5. The van der Waals surface area contributed by atoms with Crippen molar-refractivity contribution < 1.29 is 9.53 Å². The summed E-state index contributed by atoms with van der Waals surface area (Å²) >= 11 is 0. The summed E-state index contributed by atoms with van der Waals surface area (Å²) in [5.41, 5.74) is 1.85. The van der Waals surface area contributed by atoms with Crippen LogP contribution < -0.4 is 0 Å². The van der Waals surface area contributed by atoms with Crippen molar-refractivity contribution in [1.29, 1.82) is 0 Å². The van der Waals surface area contributed by atoms with Gasteiger partial charge in [0.25, 0.3) is 0 Å². The van der Waals surface area contributed by atoms with Crippen LogP contribution in [0.5, 0.6) is 0 Å². The van der Waals surface area contributed by atoms with Crippen molar-refractivity contribution in [2.45, 2.75) is 111 Å². The van der Waals surface area contributed by atoms with E-state index in [4.69, 9.17) is 9.72 Å². The molecular formula is C29H45NO2. The number of aromatic nitrogens is 1. The highest BCUT2D eigenvalue weighted by atomic mass is 16.6. The van der Waals surface area contributed by atoms with Gasteiger partial charge in [0.1, 0.15) is 5.60 Å². The van der Waals surface area contributed by atoms with Gasteiger partial charge in [-0.15, -0.1) is 0 Å². The second-order valence-electron chi connectivity index (χ2n) is 13.0. The molecule has 3 nitrogen and oxygen atoms in total. The van der Waals surface area contributed by atoms with E-state index < -0.39 is 0 Å². The van der Waals surface area contributed by atoms with Gasteiger partial charge in [0.05, 0.1) is 5.56 Å². The van der Waals surface area contributed by atoms with E-state index in [-0.39, 0.29) is 22.4 Å². The van der Waals surface area contributed by atoms with Gasteiger partial charge in [-0.25, -0.2) is 4.79 Å². The average molecular weight is 440 g/mol. The second kappa shape index (κ2) is 8.44. The van der Waals surface area contributed by atoms with E-state index in [0.29, 0.717) is 23.3 Å². The van der Waals surface area contributed by atoms with Crippen molar-refractivity contribution in [3.63, 3.8) is 0 Å². The Hall–Kier alpha value is -1.38. The molecule has 0 aliphatic heterocycles. The topological polar surface area (TPSA) is 39.2 Å². The fourth-order valence-corrected chi connectivity index (χ4v) is 7.00. The number of hydrogen-bond donors (Lipinski definition) is 0. The Labute approximate surface area is 196 Å². The van der Waals surface area contributed by atoms with Crippen LogP contribution in [0.4, 0.5) is 0 Å². The number of carbonyl (C=O) groups excluding carboxylic acids is 1. The van der Waals surface area contributed by atoms with Crippen LogP contribution >= 0.6 is 0 Å². The average Bonchev–Trinajstić information content (AvgIpc) is 2.75. The number of carbonyl (C=O) groups is 1. The molecule has 0 N–H and O–H groups in total. The molecule has 5 rings (SSSR count). The first-order valence-electron chi connectivity index (χ1n) is 13.2.